The Balaban J connectivity index is 1.77. The van der Waals surface area contributed by atoms with E-state index in [0.717, 1.165) is 24.1 Å². The van der Waals surface area contributed by atoms with E-state index in [0.29, 0.717) is 18.2 Å². The standard InChI is InChI=1S/C15H24N2O2S/c1-12-9-13(2)11-15(10-12)17-20(18,19)8-4-3-7-16-14-5-6-14/h9-11,14,16-17H,3-8H2,1-2H3. The minimum absolute atomic E-state index is 0.187. The van der Waals surface area contributed by atoms with Gasteiger partial charge in [-0.05, 0) is 69.3 Å². The van der Waals surface area contributed by atoms with E-state index in [4.69, 9.17) is 0 Å². The molecule has 2 rings (SSSR count). The van der Waals surface area contributed by atoms with Crippen LogP contribution in [0.15, 0.2) is 18.2 Å². The summed E-state index contributed by atoms with van der Waals surface area (Å²) in [7, 11) is -3.23. The molecule has 0 spiro atoms. The molecule has 1 aromatic carbocycles. The molecular weight excluding hydrogens is 272 g/mol. The summed E-state index contributed by atoms with van der Waals surface area (Å²) >= 11 is 0. The monoisotopic (exact) mass is 296 g/mol. The maximum atomic E-state index is 12.0. The second-order valence-corrected chi connectivity index (χ2v) is 7.57. The SMILES string of the molecule is Cc1cc(C)cc(NS(=O)(=O)CCCCNC2CC2)c1. The lowest BCUT2D eigenvalue weighted by Crippen LogP contribution is -2.20. The molecule has 1 aromatic rings. The van der Waals surface area contributed by atoms with Crippen LogP contribution < -0.4 is 10.0 Å². The highest BCUT2D eigenvalue weighted by molar-refractivity contribution is 7.92. The molecule has 0 amide bonds. The van der Waals surface area contributed by atoms with Crippen LogP contribution in [0.4, 0.5) is 5.69 Å². The topological polar surface area (TPSA) is 58.2 Å². The van der Waals surface area contributed by atoms with Gasteiger partial charge in [-0.25, -0.2) is 8.42 Å². The maximum Gasteiger partial charge on any atom is 0.232 e. The smallest absolute Gasteiger partial charge is 0.232 e. The van der Waals surface area contributed by atoms with Crippen molar-refractivity contribution in [1.82, 2.24) is 5.32 Å². The Morgan fingerprint density at radius 1 is 1.10 bits per heavy atom. The summed E-state index contributed by atoms with van der Waals surface area (Å²) in [5.74, 6) is 0.187. The van der Waals surface area contributed by atoms with Crippen molar-refractivity contribution < 1.29 is 8.42 Å². The summed E-state index contributed by atoms with van der Waals surface area (Å²) in [5.41, 5.74) is 2.80. The van der Waals surface area contributed by atoms with E-state index in [2.05, 4.69) is 10.0 Å². The highest BCUT2D eigenvalue weighted by Gasteiger charge is 2.19. The molecule has 1 aliphatic rings. The first-order valence-corrected chi connectivity index (χ1v) is 8.92. The fourth-order valence-corrected chi connectivity index (χ4v) is 3.44. The Morgan fingerprint density at radius 2 is 1.75 bits per heavy atom. The van der Waals surface area contributed by atoms with Crippen molar-refractivity contribution in [2.45, 2.75) is 45.6 Å². The van der Waals surface area contributed by atoms with Gasteiger partial charge in [-0.2, -0.15) is 0 Å². The summed E-state index contributed by atoms with van der Waals surface area (Å²) in [6, 6.07) is 6.44. The molecule has 0 aromatic heterocycles. The predicted octanol–water partition coefficient (Wildman–Crippen LogP) is 2.58. The fraction of sp³-hybridized carbons (Fsp3) is 0.600. The van der Waals surface area contributed by atoms with Crippen molar-refractivity contribution in [1.29, 1.82) is 0 Å². The number of hydrogen-bond acceptors (Lipinski definition) is 3. The Bertz CT molecular complexity index is 531. The van der Waals surface area contributed by atoms with Gasteiger partial charge >= 0.3 is 0 Å². The fourth-order valence-electron chi connectivity index (χ4n) is 2.27. The summed E-state index contributed by atoms with van der Waals surface area (Å²) in [6.07, 6.45) is 4.14. The van der Waals surface area contributed by atoms with Crippen LogP contribution in [0.25, 0.3) is 0 Å². The minimum atomic E-state index is -3.23. The Morgan fingerprint density at radius 3 is 2.35 bits per heavy atom. The van der Waals surface area contributed by atoms with Crippen molar-refractivity contribution in [2.75, 3.05) is 17.0 Å². The Labute approximate surface area is 122 Å². The van der Waals surface area contributed by atoms with Crippen LogP contribution in [0.3, 0.4) is 0 Å². The average molecular weight is 296 g/mol. The molecule has 112 valence electrons. The van der Waals surface area contributed by atoms with Gasteiger partial charge in [0.05, 0.1) is 5.75 Å². The molecule has 0 bridgehead atoms. The van der Waals surface area contributed by atoms with Gasteiger partial charge < -0.3 is 5.32 Å². The Kier molecular flexibility index (Phi) is 5.05. The summed E-state index contributed by atoms with van der Waals surface area (Å²) in [4.78, 5) is 0. The number of unbranched alkanes of at least 4 members (excludes halogenated alkanes) is 1. The van der Waals surface area contributed by atoms with Crippen LogP contribution in [0.1, 0.15) is 36.8 Å². The molecule has 0 radical (unpaired) electrons. The predicted molar refractivity (Wildman–Crippen MR) is 83.6 cm³/mol. The van der Waals surface area contributed by atoms with Gasteiger partial charge in [0.25, 0.3) is 0 Å². The molecule has 5 heteroatoms. The van der Waals surface area contributed by atoms with Gasteiger partial charge in [0.1, 0.15) is 0 Å². The van der Waals surface area contributed by atoms with Gasteiger partial charge in [-0.3, -0.25) is 4.72 Å². The second-order valence-electron chi connectivity index (χ2n) is 5.73. The molecular formula is C15H24N2O2S. The third-order valence-corrected chi connectivity index (χ3v) is 4.72. The second kappa shape index (κ2) is 6.59. The van der Waals surface area contributed by atoms with E-state index in [1.807, 2.05) is 32.0 Å². The van der Waals surface area contributed by atoms with Crippen LogP contribution in [0.2, 0.25) is 0 Å². The molecule has 0 unspecified atom stereocenters. The van der Waals surface area contributed by atoms with Crippen molar-refractivity contribution in [3.8, 4) is 0 Å². The summed E-state index contributed by atoms with van der Waals surface area (Å²) in [6.45, 7) is 4.85. The van der Waals surface area contributed by atoms with E-state index >= 15 is 0 Å². The number of benzene rings is 1. The van der Waals surface area contributed by atoms with E-state index in [1.165, 1.54) is 12.8 Å². The quantitative estimate of drug-likeness (QED) is 0.725. The molecule has 0 aliphatic heterocycles. The molecule has 0 heterocycles. The molecule has 1 fully saturated rings. The van der Waals surface area contributed by atoms with Crippen LogP contribution in [-0.2, 0) is 10.0 Å². The first-order chi connectivity index (χ1) is 9.44. The zero-order valence-corrected chi connectivity index (χ0v) is 13.1. The highest BCUT2D eigenvalue weighted by Crippen LogP contribution is 2.18. The Hall–Kier alpha value is -1.07. The van der Waals surface area contributed by atoms with Crippen molar-refractivity contribution in [3.05, 3.63) is 29.3 Å². The van der Waals surface area contributed by atoms with Gasteiger partial charge in [0, 0.05) is 11.7 Å². The minimum Gasteiger partial charge on any atom is -0.314 e. The molecule has 0 saturated heterocycles. The zero-order valence-electron chi connectivity index (χ0n) is 12.3. The first kappa shape index (κ1) is 15.3. The van der Waals surface area contributed by atoms with Crippen molar-refractivity contribution in [3.63, 3.8) is 0 Å². The van der Waals surface area contributed by atoms with Gasteiger partial charge in [0.2, 0.25) is 10.0 Å². The van der Waals surface area contributed by atoms with Crippen molar-refractivity contribution >= 4 is 15.7 Å². The van der Waals surface area contributed by atoms with E-state index in [1.54, 1.807) is 0 Å². The molecule has 1 saturated carbocycles. The third-order valence-electron chi connectivity index (χ3n) is 3.35. The van der Waals surface area contributed by atoms with Crippen molar-refractivity contribution in [2.24, 2.45) is 0 Å². The van der Waals surface area contributed by atoms with Crippen LogP contribution in [-0.4, -0.2) is 26.8 Å². The lowest BCUT2D eigenvalue weighted by molar-refractivity contribution is 0.591. The van der Waals surface area contributed by atoms with Gasteiger partial charge in [-0.15, -0.1) is 0 Å². The van der Waals surface area contributed by atoms with Crippen LogP contribution in [0, 0.1) is 13.8 Å². The largest absolute Gasteiger partial charge is 0.314 e. The molecule has 20 heavy (non-hydrogen) atoms. The molecule has 2 N–H and O–H groups in total. The number of anilines is 1. The maximum absolute atomic E-state index is 12.0. The van der Waals surface area contributed by atoms with E-state index < -0.39 is 10.0 Å². The normalized spacial score (nSPS) is 15.3. The number of rotatable bonds is 8. The van der Waals surface area contributed by atoms with E-state index in [-0.39, 0.29) is 5.75 Å². The van der Waals surface area contributed by atoms with Gasteiger partial charge in [0.15, 0.2) is 0 Å². The number of sulfonamides is 1. The number of aryl methyl sites for hydroxylation is 2. The van der Waals surface area contributed by atoms with Crippen LogP contribution in [0.5, 0.6) is 0 Å². The average Bonchev–Trinajstić information content (AvgIpc) is 3.10. The summed E-state index contributed by atoms with van der Waals surface area (Å²) < 4.78 is 26.7. The van der Waals surface area contributed by atoms with E-state index in [9.17, 15) is 8.42 Å². The third kappa shape index (κ3) is 5.51. The van der Waals surface area contributed by atoms with Crippen LogP contribution >= 0.6 is 0 Å². The lowest BCUT2D eigenvalue weighted by atomic mass is 10.1. The number of nitrogens with one attached hydrogen (secondary N) is 2. The molecule has 1 aliphatic carbocycles. The van der Waals surface area contributed by atoms with Gasteiger partial charge in [-0.1, -0.05) is 6.07 Å². The summed E-state index contributed by atoms with van der Waals surface area (Å²) in [5, 5.41) is 3.39. The highest BCUT2D eigenvalue weighted by atomic mass is 32.2. The first-order valence-electron chi connectivity index (χ1n) is 7.27. The zero-order chi connectivity index (χ0) is 14.6. The molecule has 4 nitrogen and oxygen atoms in total. The molecule has 0 atom stereocenters. The number of hydrogen-bond donors (Lipinski definition) is 2. The lowest BCUT2D eigenvalue weighted by Gasteiger charge is -2.10.